The van der Waals surface area contributed by atoms with E-state index in [0.717, 1.165) is 31.2 Å². The molecule has 2 aromatic rings. The third kappa shape index (κ3) is 3.51. The summed E-state index contributed by atoms with van der Waals surface area (Å²) in [5.41, 5.74) is 7.47. The molecule has 4 nitrogen and oxygen atoms in total. The van der Waals surface area contributed by atoms with E-state index in [2.05, 4.69) is 26.1 Å². The monoisotopic (exact) mass is 376 g/mol. The molecule has 25 heavy (non-hydrogen) atoms. The maximum absolute atomic E-state index is 12.4. The topological polar surface area (TPSA) is 72.2 Å². The summed E-state index contributed by atoms with van der Waals surface area (Å²) in [4.78, 5) is 26.3. The maximum Gasteiger partial charge on any atom is 0.266 e. The Balaban J connectivity index is 1.91. The molecule has 1 atom stereocenters. The summed E-state index contributed by atoms with van der Waals surface area (Å²) in [6, 6.07) is 3.61. The molecule has 2 amide bonds. The van der Waals surface area contributed by atoms with Crippen LogP contribution in [-0.4, -0.2) is 11.8 Å². The van der Waals surface area contributed by atoms with Crippen molar-refractivity contribution in [1.29, 1.82) is 0 Å². The lowest BCUT2D eigenvalue weighted by molar-refractivity contribution is 0.0999. The number of hydrogen-bond acceptors (Lipinski definition) is 4. The molecule has 0 aromatic carbocycles. The van der Waals surface area contributed by atoms with Gasteiger partial charge in [-0.3, -0.25) is 9.59 Å². The van der Waals surface area contributed by atoms with Gasteiger partial charge in [-0.2, -0.15) is 0 Å². The van der Waals surface area contributed by atoms with Gasteiger partial charge in [-0.25, -0.2) is 0 Å². The van der Waals surface area contributed by atoms with Crippen LogP contribution in [0.5, 0.6) is 0 Å². The zero-order valence-corrected chi connectivity index (χ0v) is 16.5. The average molecular weight is 377 g/mol. The molecule has 0 radical (unpaired) electrons. The highest BCUT2D eigenvalue weighted by atomic mass is 32.1. The van der Waals surface area contributed by atoms with E-state index in [1.165, 1.54) is 27.6 Å². The van der Waals surface area contributed by atoms with Gasteiger partial charge in [0.2, 0.25) is 0 Å². The standard InChI is InChI=1S/C19H24N2O2S2/c1-4-19(2,3)11-7-8-12-14(10-11)25-18(15(12)16(20)22)21-17(23)13-6-5-9-24-13/h5-6,9,11H,4,7-8,10H2,1-3H3,(H2,20,22)(H,21,23)/t11-/m0/s1. The third-order valence-corrected chi connectivity index (χ3v) is 7.54. The smallest absolute Gasteiger partial charge is 0.266 e. The first kappa shape index (κ1) is 18.1. The molecular formula is C19H24N2O2S2. The first-order valence-electron chi connectivity index (χ1n) is 8.62. The van der Waals surface area contributed by atoms with Crippen molar-refractivity contribution in [3.8, 4) is 0 Å². The second-order valence-electron chi connectivity index (χ2n) is 7.29. The van der Waals surface area contributed by atoms with Gasteiger partial charge in [0, 0.05) is 4.88 Å². The van der Waals surface area contributed by atoms with Gasteiger partial charge in [0.15, 0.2) is 0 Å². The molecular weight excluding hydrogens is 352 g/mol. The van der Waals surface area contributed by atoms with Crippen LogP contribution < -0.4 is 11.1 Å². The van der Waals surface area contributed by atoms with Crippen LogP contribution in [0.25, 0.3) is 0 Å². The van der Waals surface area contributed by atoms with Gasteiger partial charge in [-0.05, 0) is 47.6 Å². The van der Waals surface area contributed by atoms with Crippen molar-refractivity contribution < 1.29 is 9.59 Å². The highest BCUT2D eigenvalue weighted by molar-refractivity contribution is 7.17. The van der Waals surface area contributed by atoms with Crippen LogP contribution in [0.2, 0.25) is 0 Å². The lowest BCUT2D eigenvalue weighted by Crippen LogP contribution is -2.29. The van der Waals surface area contributed by atoms with Gasteiger partial charge < -0.3 is 11.1 Å². The van der Waals surface area contributed by atoms with E-state index in [4.69, 9.17) is 5.73 Å². The Labute approximate surface area is 156 Å². The predicted molar refractivity (Wildman–Crippen MR) is 105 cm³/mol. The molecule has 0 aliphatic heterocycles. The number of rotatable bonds is 5. The van der Waals surface area contributed by atoms with Crippen molar-refractivity contribution in [3.05, 3.63) is 38.4 Å². The largest absolute Gasteiger partial charge is 0.365 e. The number of hydrogen-bond donors (Lipinski definition) is 2. The summed E-state index contributed by atoms with van der Waals surface area (Å²) < 4.78 is 0. The first-order valence-corrected chi connectivity index (χ1v) is 10.3. The van der Waals surface area contributed by atoms with E-state index >= 15 is 0 Å². The summed E-state index contributed by atoms with van der Waals surface area (Å²) in [7, 11) is 0. The number of thiophene rings is 2. The second-order valence-corrected chi connectivity index (χ2v) is 9.34. The van der Waals surface area contributed by atoms with E-state index in [1.807, 2.05) is 11.4 Å². The fraction of sp³-hybridized carbons (Fsp3) is 0.474. The van der Waals surface area contributed by atoms with Gasteiger partial charge in [0.25, 0.3) is 11.8 Å². The minimum Gasteiger partial charge on any atom is -0.365 e. The Morgan fingerprint density at radius 2 is 2.16 bits per heavy atom. The van der Waals surface area contributed by atoms with Crippen LogP contribution in [0.4, 0.5) is 5.00 Å². The fourth-order valence-corrected chi connectivity index (χ4v) is 5.41. The molecule has 0 spiro atoms. The molecule has 2 heterocycles. The van der Waals surface area contributed by atoms with Gasteiger partial charge in [-0.1, -0.05) is 33.3 Å². The number of anilines is 1. The van der Waals surface area contributed by atoms with Crippen LogP contribution in [-0.2, 0) is 12.8 Å². The van der Waals surface area contributed by atoms with Crippen molar-refractivity contribution >= 4 is 39.5 Å². The predicted octanol–water partition coefficient (Wildman–Crippen LogP) is 4.70. The maximum atomic E-state index is 12.4. The summed E-state index contributed by atoms with van der Waals surface area (Å²) >= 11 is 2.90. The van der Waals surface area contributed by atoms with Crippen LogP contribution >= 0.6 is 22.7 Å². The van der Waals surface area contributed by atoms with Gasteiger partial charge in [-0.15, -0.1) is 22.7 Å². The Bertz CT molecular complexity index is 791. The van der Waals surface area contributed by atoms with E-state index < -0.39 is 5.91 Å². The van der Waals surface area contributed by atoms with Gasteiger partial charge in [0.1, 0.15) is 5.00 Å². The SMILES string of the molecule is CCC(C)(C)[C@H]1CCc2c(sc(NC(=O)c3cccs3)c2C(N)=O)C1. The summed E-state index contributed by atoms with van der Waals surface area (Å²) in [5.74, 6) is -0.0426. The molecule has 3 N–H and O–H groups in total. The Kier molecular flexibility index (Phi) is 5.02. The normalized spacial score (nSPS) is 17.2. The van der Waals surface area contributed by atoms with Crippen molar-refractivity contribution in [2.24, 2.45) is 17.1 Å². The van der Waals surface area contributed by atoms with Crippen molar-refractivity contribution in [2.75, 3.05) is 5.32 Å². The molecule has 0 saturated heterocycles. The lowest BCUT2D eigenvalue weighted by Gasteiger charge is -2.36. The van der Waals surface area contributed by atoms with E-state index in [0.29, 0.717) is 21.4 Å². The van der Waals surface area contributed by atoms with E-state index in [-0.39, 0.29) is 11.3 Å². The summed E-state index contributed by atoms with van der Waals surface area (Å²) in [6.07, 6.45) is 4.00. The van der Waals surface area contributed by atoms with E-state index in [9.17, 15) is 9.59 Å². The number of fused-ring (bicyclic) bond motifs is 1. The third-order valence-electron chi connectivity index (χ3n) is 5.50. The van der Waals surface area contributed by atoms with Gasteiger partial charge in [0.05, 0.1) is 10.4 Å². The molecule has 2 aromatic heterocycles. The van der Waals surface area contributed by atoms with Crippen LogP contribution in [0.15, 0.2) is 17.5 Å². The molecule has 3 rings (SSSR count). The second kappa shape index (κ2) is 6.92. The molecule has 0 unspecified atom stereocenters. The molecule has 6 heteroatoms. The Morgan fingerprint density at radius 1 is 1.40 bits per heavy atom. The zero-order valence-electron chi connectivity index (χ0n) is 14.8. The zero-order chi connectivity index (χ0) is 18.2. The minimum atomic E-state index is -0.452. The minimum absolute atomic E-state index is 0.179. The Morgan fingerprint density at radius 3 is 2.76 bits per heavy atom. The number of primary amides is 1. The number of nitrogens with one attached hydrogen (secondary N) is 1. The molecule has 1 aliphatic rings. The summed E-state index contributed by atoms with van der Waals surface area (Å²) in [6.45, 7) is 6.85. The number of carbonyl (C=O) groups is 2. The molecule has 134 valence electrons. The molecule has 0 saturated carbocycles. The average Bonchev–Trinajstić information content (AvgIpc) is 3.21. The number of amides is 2. The quantitative estimate of drug-likeness (QED) is 0.794. The molecule has 1 aliphatic carbocycles. The molecule has 0 fully saturated rings. The molecule has 0 bridgehead atoms. The first-order chi connectivity index (χ1) is 11.8. The Hall–Kier alpha value is -1.66. The highest BCUT2D eigenvalue weighted by Crippen LogP contribution is 2.45. The van der Waals surface area contributed by atoms with Crippen molar-refractivity contribution in [2.45, 2.75) is 46.5 Å². The van der Waals surface area contributed by atoms with Gasteiger partial charge >= 0.3 is 0 Å². The van der Waals surface area contributed by atoms with Crippen LogP contribution in [0, 0.1) is 11.3 Å². The fourth-order valence-electron chi connectivity index (χ4n) is 3.46. The summed E-state index contributed by atoms with van der Waals surface area (Å²) in [5, 5.41) is 5.37. The van der Waals surface area contributed by atoms with Crippen LogP contribution in [0.3, 0.4) is 0 Å². The highest BCUT2D eigenvalue weighted by Gasteiger charge is 2.35. The van der Waals surface area contributed by atoms with E-state index in [1.54, 1.807) is 6.07 Å². The number of carbonyl (C=O) groups excluding carboxylic acids is 2. The van der Waals surface area contributed by atoms with Crippen LogP contribution in [0.1, 0.15) is 64.1 Å². The van der Waals surface area contributed by atoms with Crippen molar-refractivity contribution in [1.82, 2.24) is 0 Å². The number of nitrogens with two attached hydrogens (primary N) is 1. The van der Waals surface area contributed by atoms with Crippen molar-refractivity contribution in [3.63, 3.8) is 0 Å². The lowest BCUT2D eigenvalue weighted by atomic mass is 9.69.